The number of nitrogens with zero attached hydrogens (tertiary/aromatic N) is 2. The molecule has 2 heterocycles. The second kappa shape index (κ2) is 7.96. The summed E-state index contributed by atoms with van der Waals surface area (Å²) in [5.74, 6) is 1.12. The Balaban J connectivity index is 1.48. The quantitative estimate of drug-likeness (QED) is 0.472. The van der Waals surface area contributed by atoms with Crippen molar-refractivity contribution in [3.63, 3.8) is 0 Å². The highest BCUT2D eigenvalue weighted by molar-refractivity contribution is 6.31. The highest BCUT2D eigenvalue weighted by Crippen LogP contribution is 2.34. The van der Waals surface area contributed by atoms with E-state index in [0.717, 1.165) is 22.2 Å². The van der Waals surface area contributed by atoms with Gasteiger partial charge in [0.1, 0.15) is 24.9 Å². The third kappa shape index (κ3) is 3.70. The van der Waals surface area contributed by atoms with E-state index >= 15 is 0 Å². The number of aromatic nitrogens is 2. The molecule has 0 aliphatic carbocycles. The van der Waals surface area contributed by atoms with Gasteiger partial charge in [0.25, 0.3) is 0 Å². The molecule has 0 radical (unpaired) electrons. The first kappa shape index (κ1) is 19.5. The Labute approximate surface area is 184 Å². The third-order valence-corrected chi connectivity index (χ3v) is 5.51. The molecule has 1 aliphatic heterocycles. The summed E-state index contributed by atoms with van der Waals surface area (Å²) in [6.07, 6.45) is 0. The first-order valence-corrected chi connectivity index (χ1v) is 10.4. The van der Waals surface area contributed by atoms with Gasteiger partial charge in [-0.25, -0.2) is 0 Å². The lowest BCUT2D eigenvalue weighted by Gasteiger charge is -2.19. The molecule has 1 atom stereocenters. The van der Waals surface area contributed by atoms with Crippen molar-refractivity contribution >= 4 is 34.1 Å². The summed E-state index contributed by atoms with van der Waals surface area (Å²) >= 11 is 6.26. The monoisotopic (exact) mass is 433 g/mol. The van der Waals surface area contributed by atoms with Crippen LogP contribution in [-0.4, -0.2) is 28.9 Å². The molecule has 3 aromatic carbocycles. The van der Waals surface area contributed by atoms with Crippen LogP contribution in [0.2, 0.25) is 5.02 Å². The Hall–Kier alpha value is -3.51. The van der Waals surface area contributed by atoms with E-state index in [4.69, 9.17) is 26.2 Å². The van der Waals surface area contributed by atoms with E-state index in [0.29, 0.717) is 35.4 Å². The summed E-state index contributed by atoms with van der Waals surface area (Å²) in [4.78, 5) is 13.1. The molecule has 0 fully saturated rings. The predicted molar refractivity (Wildman–Crippen MR) is 121 cm³/mol. The van der Waals surface area contributed by atoms with Crippen molar-refractivity contribution < 1.29 is 14.3 Å². The second-order valence-corrected chi connectivity index (χ2v) is 7.78. The minimum Gasteiger partial charge on any atom is -0.486 e. The molecular weight excluding hydrogens is 414 g/mol. The molecule has 0 bridgehead atoms. The van der Waals surface area contributed by atoms with Gasteiger partial charge in [0.05, 0.1) is 5.52 Å². The number of carbonyl (C=O) groups excluding carboxylic acids is 1. The fraction of sp³-hybridized carbons (Fsp3) is 0.167. The van der Waals surface area contributed by atoms with Crippen LogP contribution in [0.15, 0.2) is 66.7 Å². The molecule has 6 nitrogen and oxygen atoms in total. The van der Waals surface area contributed by atoms with E-state index in [9.17, 15) is 4.79 Å². The zero-order valence-corrected chi connectivity index (χ0v) is 17.6. The van der Waals surface area contributed by atoms with Crippen LogP contribution >= 0.6 is 11.6 Å². The molecule has 1 aromatic heterocycles. The van der Waals surface area contributed by atoms with Gasteiger partial charge >= 0.3 is 0 Å². The maximum atomic E-state index is 13.1. The lowest BCUT2D eigenvalue weighted by Crippen LogP contribution is -2.24. The molecule has 5 rings (SSSR count). The van der Waals surface area contributed by atoms with Crippen LogP contribution in [0.3, 0.4) is 0 Å². The fourth-order valence-corrected chi connectivity index (χ4v) is 3.87. The van der Waals surface area contributed by atoms with Gasteiger partial charge in [-0.3, -0.25) is 9.48 Å². The Bertz CT molecular complexity index is 1270. The third-order valence-electron chi connectivity index (χ3n) is 5.27. The molecule has 31 heavy (non-hydrogen) atoms. The number of amides is 1. The Morgan fingerprint density at radius 3 is 2.61 bits per heavy atom. The number of hydrogen-bond acceptors (Lipinski definition) is 4. The van der Waals surface area contributed by atoms with E-state index in [2.05, 4.69) is 5.32 Å². The molecule has 7 heteroatoms. The Kier molecular flexibility index (Phi) is 5.00. The van der Waals surface area contributed by atoms with Gasteiger partial charge in [0, 0.05) is 27.7 Å². The van der Waals surface area contributed by atoms with Gasteiger partial charge < -0.3 is 14.8 Å². The minimum atomic E-state index is -0.547. The van der Waals surface area contributed by atoms with Crippen molar-refractivity contribution in [3.05, 3.63) is 71.8 Å². The average molecular weight is 434 g/mol. The number of hydrogen-bond donors (Lipinski definition) is 1. The summed E-state index contributed by atoms with van der Waals surface area (Å²) in [6, 6.07) is 20.3. The summed E-state index contributed by atoms with van der Waals surface area (Å²) in [5.41, 5.74) is 3.24. The highest BCUT2D eigenvalue weighted by Gasteiger charge is 2.22. The standard InChI is InChI=1S/C24H20ClN3O3/c1-15(24(29)26-18-8-10-21-22(14-18)31-12-11-30-21)28-20-9-7-17(25)13-19(20)23(27-28)16-5-3-2-4-6-16/h2-10,13-15H,11-12H2,1H3,(H,26,29)/t15-/m0/s1. The second-order valence-electron chi connectivity index (χ2n) is 7.34. The topological polar surface area (TPSA) is 65.4 Å². The van der Waals surface area contributed by atoms with Crippen LogP contribution in [-0.2, 0) is 4.79 Å². The van der Waals surface area contributed by atoms with Crippen molar-refractivity contribution in [2.75, 3.05) is 18.5 Å². The Morgan fingerprint density at radius 1 is 1.03 bits per heavy atom. The first-order valence-electron chi connectivity index (χ1n) is 10.0. The largest absolute Gasteiger partial charge is 0.486 e. The molecule has 0 saturated heterocycles. The molecule has 1 amide bonds. The minimum absolute atomic E-state index is 0.185. The van der Waals surface area contributed by atoms with Gasteiger partial charge in [0.2, 0.25) is 5.91 Å². The molecule has 0 unspecified atom stereocenters. The summed E-state index contributed by atoms with van der Waals surface area (Å²) in [6.45, 7) is 2.84. The van der Waals surface area contributed by atoms with Gasteiger partial charge in [-0.1, -0.05) is 41.9 Å². The van der Waals surface area contributed by atoms with Gasteiger partial charge in [-0.2, -0.15) is 5.10 Å². The van der Waals surface area contributed by atoms with E-state index < -0.39 is 6.04 Å². The van der Waals surface area contributed by atoms with Crippen molar-refractivity contribution in [3.8, 4) is 22.8 Å². The molecule has 1 aliphatic rings. The molecule has 0 spiro atoms. The zero-order chi connectivity index (χ0) is 21.4. The van der Waals surface area contributed by atoms with Crippen LogP contribution in [0.4, 0.5) is 5.69 Å². The molecule has 1 N–H and O–H groups in total. The van der Waals surface area contributed by atoms with E-state index in [-0.39, 0.29) is 5.91 Å². The predicted octanol–water partition coefficient (Wildman–Crippen LogP) is 5.33. The summed E-state index contributed by atoms with van der Waals surface area (Å²) < 4.78 is 12.9. The normalized spacial score (nSPS) is 13.7. The number of rotatable bonds is 4. The molecule has 4 aromatic rings. The molecule has 156 valence electrons. The number of ether oxygens (including phenoxy) is 2. The SMILES string of the molecule is C[C@@H](C(=O)Nc1ccc2c(c1)OCCO2)n1nc(-c2ccccc2)c2cc(Cl)ccc21. The number of carbonyl (C=O) groups is 1. The van der Waals surface area contributed by atoms with Crippen LogP contribution in [0, 0.1) is 0 Å². The Morgan fingerprint density at radius 2 is 1.81 bits per heavy atom. The maximum Gasteiger partial charge on any atom is 0.248 e. The summed E-state index contributed by atoms with van der Waals surface area (Å²) in [7, 11) is 0. The highest BCUT2D eigenvalue weighted by atomic mass is 35.5. The van der Waals surface area contributed by atoms with E-state index in [1.165, 1.54) is 0 Å². The van der Waals surface area contributed by atoms with E-state index in [1.54, 1.807) is 22.9 Å². The van der Waals surface area contributed by atoms with Crippen LogP contribution in [0.25, 0.3) is 22.2 Å². The van der Waals surface area contributed by atoms with Crippen molar-refractivity contribution in [1.29, 1.82) is 0 Å². The average Bonchev–Trinajstić information content (AvgIpc) is 3.17. The zero-order valence-electron chi connectivity index (χ0n) is 16.8. The van der Waals surface area contributed by atoms with Crippen LogP contribution in [0.1, 0.15) is 13.0 Å². The number of benzene rings is 3. The molecule has 0 saturated carbocycles. The van der Waals surface area contributed by atoms with Crippen molar-refractivity contribution in [1.82, 2.24) is 9.78 Å². The number of nitrogens with one attached hydrogen (secondary N) is 1. The van der Waals surface area contributed by atoms with Crippen LogP contribution in [0.5, 0.6) is 11.5 Å². The number of halogens is 1. The number of fused-ring (bicyclic) bond motifs is 2. The van der Waals surface area contributed by atoms with Crippen molar-refractivity contribution in [2.45, 2.75) is 13.0 Å². The van der Waals surface area contributed by atoms with Crippen molar-refractivity contribution in [2.24, 2.45) is 0 Å². The van der Waals surface area contributed by atoms with Gasteiger partial charge in [-0.05, 0) is 37.3 Å². The smallest absolute Gasteiger partial charge is 0.248 e. The fourth-order valence-electron chi connectivity index (χ4n) is 3.70. The van der Waals surface area contributed by atoms with Gasteiger partial charge in [-0.15, -0.1) is 0 Å². The van der Waals surface area contributed by atoms with Gasteiger partial charge in [0.15, 0.2) is 11.5 Å². The van der Waals surface area contributed by atoms with E-state index in [1.807, 2.05) is 55.5 Å². The molecular formula is C24H20ClN3O3. The lowest BCUT2D eigenvalue weighted by atomic mass is 10.1. The first-order chi connectivity index (χ1) is 15.1. The summed E-state index contributed by atoms with van der Waals surface area (Å²) in [5, 5.41) is 9.26. The van der Waals surface area contributed by atoms with Crippen LogP contribution < -0.4 is 14.8 Å². The number of anilines is 1. The lowest BCUT2D eigenvalue weighted by molar-refractivity contribution is -0.118. The maximum absolute atomic E-state index is 13.1.